The van der Waals surface area contributed by atoms with Gasteiger partial charge in [-0.15, -0.1) is 0 Å². The molecule has 1 rings (SSSR count). The molecule has 3 N–H and O–H groups in total. The first-order valence-electron chi connectivity index (χ1n) is 4.45. The Morgan fingerprint density at radius 3 is 2.79 bits per heavy atom. The quantitative estimate of drug-likeness (QED) is 0.878. The third-order valence-corrected chi connectivity index (χ3v) is 2.79. The molecule has 0 unspecified atom stereocenters. The summed E-state index contributed by atoms with van der Waals surface area (Å²) in [6.45, 7) is 1.81. The van der Waals surface area contributed by atoms with Crippen molar-refractivity contribution in [1.82, 2.24) is 0 Å². The molecule has 2 atom stereocenters. The van der Waals surface area contributed by atoms with Crippen LogP contribution in [0.1, 0.15) is 24.9 Å². The van der Waals surface area contributed by atoms with Crippen LogP contribution < -0.4 is 5.73 Å². The highest BCUT2D eigenvalue weighted by Gasteiger charge is 2.19. The van der Waals surface area contributed by atoms with Crippen LogP contribution in [0.4, 0.5) is 4.39 Å². The lowest BCUT2D eigenvalue weighted by atomic mass is 10.0. The molecule has 0 saturated heterocycles. The zero-order valence-corrected chi connectivity index (χ0v) is 9.46. The van der Waals surface area contributed by atoms with E-state index >= 15 is 0 Å². The first kappa shape index (κ1) is 11.6. The molecule has 0 aromatic heterocycles. The van der Waals surface area contributed by atoms with Gasteiger partial charge in [-0.2, -0.15) is 0 Å². The largest absolute Gasteiger partial charge is 0.391 e. The molecular weight excluding hydrogens is 249 g/mol. The maximum Gasteiger partial charge on any atom is 0.142 e. The zero-order valence-electron chi connectivity index (χ0n) is 7.87. The van der Waals surface area contributed by atoms with Crippen molar-refractivity contribution in [2.45, 2.75) is 25.5 Å². The molecule has 4 heteroatoms. The number of aliphatic hydroxyl groups is 1. The number of hydrogen-bond donors (Lipinski definition) is 2. The first-order chi connectivity index (χ1) is 6.57. The monoisotopic (exact) mass is 261 g/mol. The molecule has 0 bridgehead atoms. The Morgan fingerprint density at radius 2 is 2.21 bits per heavy atom. The van der Waals surface area contributed by atoms with Crippen molar-refractivity contribution >= 4 is 15.9 Å². The van der Waals surface area contributed by atoms with Gasteiger partial charge in [-0.25, -0.2) is 4.39 Å². The molecule has 14 heavy (non-hydrogen) atoms. The van der Waals surface area contributed by atoms with Crippen LogP contribution in [0.15, 0.2) is 22.7 Å². The van der Waals surface area contributed by atoms with E-state index in [0.29, 0.717) is 16.5 Å². The number of nitrogens with two attached hydrogens (primary N) is 1. The summed E-state index contributed by atoms with van der Waals surface area (Å²) in [5.41, 5.74) is 6.05. The molecule has 0 aliphatic heterocycles. The normalized spacial score (nSPS) is 15.2. The van der Waals surface area contributed by atoms with Gasteiger partial charge in [-0.1, -0.05) is 19.1 Å². The van der Waals surface area contributed by atoms with Crippen LogP contribution in [0, 0.1) is 5.82 Å². The summed E-state index contributed by atoms with van der Waals surface area (Å²) < 4.78 is 13.9. The third kappa shape index (κ3) is 2.32. The minimum Gasteiger partial charge on any atom is -0.391 e. The van der Waals surface area contributed by atoms with Crippen LogP contribution in [0.5, 0.6) is 0 Å². The molecule has 0 aliphatic carbocycles. The summed E-state index contributed by atoms with van der Waals surface area (Å²) in [5.74, 6) is -0.396. The predicted octanol–water partition coefficient (Wildman–Crippen LogP) is 2.36. The van der Waals surface area contributed by atoms with E-state index < -0.39 is 18.0 Å². The van der Waals surface area contributed by atoms with Gasteiger partial charge < -0.3 is 10.8 Å². The second kappa shape index (κ2) is 4.87. The van der Waals surface area contributed by atoms with E-state index in [1.807, 2.05) is 0 Å². The number of halogens is 2. The fourth-order valence-corrected chi connectivity index (χ4v) is 1.62. The molecular formula is C10H13BrFNO. The Labute approximate surface area is 91.1 Å². The van der Waals surface area contributed by atoms with Crippen LogP contribution in [0.25, 0.3) is 0 Å². The minimum atomic E-state index is -0.709. The van der Waals surface area contributed by atoms with Gasteiger partial charge in [0.25, 0.3) is 0 Å². The lowest BCUT2D eigenvalue weighted by Gasteiger charge is -2.18. The van der Waals surface area contributed by atoms with E-state index in [4.69, 9.17) is 5.73 Å². The molecule has 0 aliphatic rings. The molecule has 1 aromatic carbocycles. The van der Waals surface area contributed by atoms with E-state index in [-0.39, 0.29) is 0 Å². The van der Waals surface area contributed by atoms with Crippen molar-refractivity contribution in [3.63, 3.8) is 0 Å². The Bertz CT molecular complexity index is 319. The smallest absolute Gasteiger partial charge is 0.142 e. The second-order valence-electron chi connectivity index (χ2n) is 3.14. The molecule has 1 aromatic rings. The fraction of sp³-hybridized carbons (Fsp3) is 0.400. The van der Waals surface area contributed by atoms with Gasteiger partial charge >= 0.3 is 0 Å². The summed E-state index contributed by atoms with van der Waals surface area (Å²) in [7, 11) is 0. The first-order valence-corrected chi connectivity index (χ1v) is 5.24. The average molecular weight is 262 g/mol. The lowest BCUT2D eigenvalue weighted by molar-refractivity contribution is 0.139. The number of benzene rings is 1. The van der Waals surface area contributed by atoms with Crippen LogP contribution in [-0.4, -0.2) is 11.2 Å². The molecule has 0 spiro atoms. The Morgan fingerprint density at radius 1 is 1.57 bits per heavy atom. The summed E-state index contributed by atoms with van der Waals surface area (Å²) in [6, 6.07) is 4.22. The highest BCUT2D eigenvalue weighted by atomic mass is 79.9. The van der Waals surface area contributed by atoms with Crippen molar-refractivity contribution in [3.05, 3.63) is 34.1 Å². The summed E-state index contributed by atoms with van der Waals surface area (Å²) >= 11 is 3.07. The van der Waals surface area contributed by atoms with Gasteiger partial charge in [-0.3, -0.25) is 0 Å². The van der Waals surface area contributed by atoms with E-state index in [9.17, 15) is 9.50 Å². The molecule has 0 amide bonds. The van der Waals surface area contributed by atoms with E-state index in [1.54, 1.807) is 25.1 Å². The van der Waals surface area contributed by atoms with Gasteiger partial charge in [0.1, 0.15) is 5.82 Å². The molecule has 0 fully saturated rings. The molecule has 78 valence electrons. The van der Waals surface area contributed by atoms with E-state index in [1.165, 1.54) is 0 Å². The Kier molecular flexibility index (Phi) is 4.04. The number of rotatable bonds is 3. The highest BCUT2D eigenvalue weighted by molar-refractivity contribution is 9.10. The SMILES string of the molecule is CC[C@@H](O)[C@@H](N)c1cccc(Br)c1F. The fourth-order valence-electron chi connectivity index (χ4n) is 1.24. The van der Waals surface area contributed by atoms with Crippen LogP contribution in [0.2, 0.25) is 0 Å². The maximum atomic E-state index is 13.5. The topological polar surface area (TPSA) is 46.2 Å². The number of aliphatic hydroxyl groups excluding tert-OH is 1. The standard InChI is InChI=1S/C10H13BrFNO/c1-2-8(14)10(13)6-4-3-5-7(11)9(6)12/h3-5,8,10,14H,2,13H2,1H3/t8-,10+/m1/s1. The third-order valence-electron chi connectivity index (χ3n) is 2.17. The second-order valence-corrected chi connectivity index (χ2v) is 4.00. The van der Waals surface area contributed by atoms with Crippen LogP contribution in [0.3, 0.4) is 0 Å². The van der Waals surface area contributed by atoms with Crippen molar-refractivity contribution in [3.8, 4) is 0 Å². The molecule has 0 saturated carbocycles. The average Bonchev–Trinajstić information content (AvgIpc) is 2.20. The van der Waals surface area contributed by atoms with E-state index in [0.717, 1.165) is 0 Å². The summed E-state index contributed by atoms with van der Waals surface area (Å²) in [4.78, 5) is 0. The minimum absolute atomic E-state index is 0.341. The van der Waals surface area contributed by atoms with Crippen LogP contribution in [-0.2, 0) is 0 Å². The Hall–Kier alpha value is -0.450. The maximum absolute atomic E-state index is 13.5. The van der Waals surface area contributed by atoms with Gasteiger partial charge in [-0.05, 0) is 28.4 Å². The number of hydrogen-bond acceptors (Lipinski definition) is 2. The lowest BCUT2D eigenvalue weighted by Crippen LogP contribution is -2.26. The van der Waals surface area contributed by atoms with Gasteiger partial charge in [0, 0.05) is 5.56 Å². The highest BCUT2D eigenvalue weighted by Crippen LogP contribution is 2.24. The summed E-state index contributed by atoms with van der Waals surface area (Å²) in [6.07, 6.45) is -0.202. The van der Waals surface area contributed by atoms with Crippen molar-refractivity contribution in [2.24, 2.45) is 5.73 Å². The van der Waals surface area contributed by atoms with Crippen molar-refractivity contribution in [1.29, 1.82) is 0 Å². The zero-order chi connectivity index (χ0) is 10.7. The van der Waals surface area contributed by atoms with Gasteiger partial charge in [0.05, 0.1) is 16.6 Å². The van der Waals surface area contributed by atoms with Gasteiger partial charge in [0.2, 0.25) is 0 Å². The van der Waals surface area contributed by atoms with Crippen LogP contribution >= 0.6 is 15.9 Å². The van der Waals surface area contributed by atoms with Gasteiger partial charge in [0.15, 0.2) is 0 Å². The van der Waals surface area contributed by atoms with E-state index in [2.05, 4.69) is 15.9 Å². The molecule has 0 heterocycles. The van der Waals surface area contributed by atoms with Crippen molar-refractivity contribution < 1.29 is 9.50 Å². The molecule has 2 nitrogen and oxygen atoms in total. The Balaban J connectivity index is 3.01. The molecule has 0 radical (unpaired) electrons. The predicted molar refractivity (Wildman–Crippen MR) is 57.3 cm³/mol. The van der Waals surface area contributed by atoms with Crippen molar-refractivity contribution in [2.75, 3.05) is 0 Å². The summed E-state index contributed by atoms with van der Waals surface area (Å²) in [5, 5.41) is 9.49.